The molecular weight excluding hydrogens is 334 g/mol. The first-order valence-corrected chi connectivity index (χ1v) is 9.91. The van der Waals surface area contributed by atoms with Gasteiger partial charge in [-0.3, -0.25) is 9.97 Å². The molecule has 0 bridgehead atoms. The summed E-state index contributed by atoms with van der Waals surface area (Å²) in [7, 11) is -3.53. The fourth-order valence-corrected chi connectivity index (χ4v) is 4.33. The Kier molecular flexibility index (Phi) is 4.23. The second-order valence-electron chi connectivity index (χ2n) is 6.34. The SMILES string of the molecule is O=S(=O)(NCc1ccc2nccnc2c1)c1ccc2c(c1)CCCC2. The van der Waals surface area contributed by atoms with Crippen molar-refractivity contribution in [2.45, 2.75) is 37.1 Å². The van der Waals surface area contributed by atoms with Crippen LogP contribution < -0.4 is 4.72 Å². The minimum Gasteiger partial charge on any atom is -0.253 e. The molecule has 1 aromatic heterocycles. The first kappa shape index (κ1) is 16.2. The zero-order valence-corrected chi connectivity index (χ0v) is 14.6. The number of aryl methyl sites for hydroxylation is 2. The topological polar surface area (TPSA) is 72.0 Å². The van der Waals surface area contributed by atoms with Gasteiger partial charge < -0.3 is 0 Å². The van der Waals surface area contributed by atoms with Crippen LogP contribution in [0.25, 0.3) is 11.0 Å². The predicted octanol–water partition coefficient (Wildman–Crippen LogP) is 2.99. The summed E-state index contributed by atoms with van der Waals surface area (Å²) in [4.78, 5) is 8.81. The molecule has 0 fully saturated rings. The van der Waals surface area contributed by atoms with E-state index in [0.29, 0.717) is 4.90 Å². The van der Waals surface area contributed by atoms with Gasteiger partial charge in [0.05, 0.1) is 15.9 Å². The Morgan fingerprint density at radius 1 is 0.880 bits per heavy atom. The van der Waals surface area contributed by atoms with Crippen molar-refractivity contribution in [1.29, 1.82) is 0 Å². The van der Waals surface area contributed by atoms with Crippen LogP contribution in [0, 0.1) is 0 Å². The molecule has 0 unspecified atom stereocenters. The molecule has 1 N–H and O–H groups in total. The molecule has 0 atom stereocenters. The Morgan fingerprint density at radius 2 is 1.64 bits per heavy atom. The standard InChI is InChI=1S/C19H19N3O2S/c23-25(24,17-7-6-15-3-1-2-4-16(15)12-17)22-13-14-5-8-18-19(11-14)21-10-9-20-18/h5-12,22H,1-4,13H2. The third-order valence-corrected chi connectivity index (χ3v) is 6.03. The summed E-state index contributed by atoms with van der Waals surface area (Å²) < 4.78 is 27.9. The number of aromatic nitrogens is 2. The largest absolute Gasteiger partial charge is 0.253 e. The monoisotopic (exact) mass is 353 g/mol. The van der Waals surface area contributed by atoms with Crippen molar-refractivity contribution in [3.8, 4) is 0 Å². The lowest BCUT2D eigenvalue weighted by molar-refractivity contribution is 0.580. The summed E-state index contributed by atoms with van der Waals surface area (Å²) in [5.74, 6) is 0. The van der Waals surface area contributed by atoms with Gasteiger partial charge >= 0.3 is 0 Å². The number of benzene rings is 2. The minimum absolute atomic E-state index is 0.228. The van der Waals surface area contributed by atoms with Gasteiger partial charge in [0.15, 0.2) is 0 Å². The molecule has 5 nitrogen and oxygen atoms in total. The maximum absolute atomic E-state index is 12.6. The minimum atomic E-state index is -3.53. The summed E-state index contributed by atoms with van der Waals surface area (Å²) >= 11 is 0. The quantitative estimate of drug-likeness (QED) is 0.783. The van der Waals surface area contributed by atoms with Crippen molar-refractivity contribution in [2.75, 3.05) is 0 Å². The van der Waals surface area contributed by atoms with Gasteiger partial charge in [0.1, 0.15) is 0 Å². The molecule has 0 spiro atoms. The van der Waals surface area contributed by atoms with Crippen LogP contribution in [0.4, 0.5) is 0 Å². The van der Waals surface area contributed by atoms with E-state index < -0.39 is 10.0 Å². The van der Waals surface area contributed by atoms with Crippen molar-refractivity contribution in [2.24, 2.45) is 0 Å². The van der Waals surface area contributed by atoms with E-state index in [0.717, 1.165) is 41.4 Å². The van der Waals surface area contributed by atoms with E-state index in [1.165, 1.54) is 12.0 Å². The molecule has 25 heavy (non-hydrogen) atoms. The molecule has 2 aromatic carbocycles. The highest BCUT2D eigenvalue weighted by molar-refractivity contribution is 7.89. The fourth-order valence-electron chi connectivity index (χ4n) is 3.26. The predicted molar refractivity (Wildman–Crippen MR) is 96.6 cm³/mol. The lowest BCUT2D eigenvalue weighted by Gasteiger charge is -2.16. The van der Waals surface area contributed by atoms with E-state index in [4.69, 9.17) is 0 Å². The molecule has 1 heterocycles. The molecule has 3 aromatic rings. The molecule has 0 saturated heterocycles. The van der Waals surface area contributed by atoms with E-state index in [2.05, 4.69) is 14.7 Å². The zero-order chi connectivity index (χ0) is 17.3. The maximum atomic E-state index is 12.6. The van der Waals surface area contributed by atoms with Crippen LogP contribution in [0.5, 0.6) is 0 Å². The Morgan fingerprint density at radius 3 is 2.48 bits per heavy atom. The van der Waals surface area contributed by atoms with E-state index >= 15 is 0 Å². The highest BCUT2D eigenvalue weighted by Gasteiger charge is 2.17. The normalized spacial score (nSPS) is 14.4. The van der Waals surface area contributed by atoms with E-state index in [9.17, 15) is 8.42 Å². The first-order chi connectivity index (χ1) is 12.1. The average molecular weight is 353 g/mol. The van der Waals surface area contributed by atoms with E-state index in [-0.39, 0.29) is 6.54 Å². The van der Waals surface area contributed by atoms with Crippen LogP contribution in [0.1, 0.15) is 29.5 Å². The molecule has 128 valence electrons. The number of hydrogen-bond acceptors (Lipinski definition) is 4. The van der Waals surface area contributed by atoms with Crippen LogP contribution in [0.15, 0.2) is 53.7 Å². The average Bonchev–Trinajstić information content (AvgIpc) is 2.66. The Hall–Kier alpha value is -2.31. The highest BCUT2D eigenvalue weighted by Crippen LogP contribution is 2.24. The summed E-state index contributed by atoms with van der Waals surface area (Å²) in [6.07, 6.45) is 7.58. The number of sulfonamides is 1. The first-order valence-electron chi connectivity index (χ1n) is 8.43. The number of fused-ring (bicyclic) bond motifs is 2. The molecule has 4 rings (SSSR count). The number of rotatable bonds is 4. The fraction of sp³-hybridized carbons (Fsp3) is 0.263. The molecule has 0 aliphatic heterocycles. The van der Waals surface area contributed by atoms with Gasteiger partial charge in [0.2, 0.25) is 10.0 Å². The highest BCUT2D eigenvalue weighted by atomic mass is 32.2. The Balaban J connectivity index is 1.54. The van der Waals surface area contributed by atoms with E-state index in [1.807, 2.05) is 30.3 Å². The molecule has 0 saturated carbocycles. The van der Waals surface area contributed by atoms with Gasteiger partial charge in [-0.25, -0.2) is 13.1 Å². The van der Waals surface area contributed by atoms with Gasteiger partial charge in [0.25, 0.3) is 0 Å². The molecule has 0 amide bonds. The Labute approximate surface area is 147 Å². The van der Waals surface area contributed by atoms with E-state index in [1.54, 1.807) is 18.5 Å². The van der Waals surface area contributed by atoms with Crippen LogP contribution >= 0.6 is 0 Å². The summed E-state index contributed by atoms with van der Waals surface area (Å²) in [5, 5.41) is 0. The van der Waals surface area contributed by atoms with Gasteiger partial charge in [-0.05, 0) is 66.6 Å². The third kappa shape index (κ3) is 3.41. The lowest BCUT2D eigenvalue weighted by Crippen LogP contribution is -2.23. The van der Waals surface area contributed by atoms with Crippen LogP contribution in [-0.2, 0) is 29.4 Å². The summed E-state index contributed by atoms with van der Waals surface area (Å²) in [5.41, 5.74) is 4.85. The Bertz CT molecular complexity index is 1030. The van der Waals surface area contributed by atoms with Gasteiger partial charge in [-0.2, -0.15) is 0 Å². The number of hydrogen-bond donors (Lipinski definition) is 1. The van der Waals surface area contributed by atoms with Crippen molar-refractivity contribution in [1.82, 2.24) is 14.7 Å². The second kappa shape index (κ2) is 6.54. The van der Waals surface area contributed by atoms with Crippen molar-refractivity contribution in [3.05, 3.63) is 65.5 Å². The molecule has 1 aliphatic rings. The smallest absolute Gasteiger partial charge is 0.240 e. The van der Waals surface area contributed by atoms with Crippen molar-refractivity contribution in [3.63, 3.8) is 0 Å². The molecule has 6 heteroatoms. The van der Waals surface area contributed by atoms with Gasteiger partial charge in [-0.15, -0.1) is 0 Å². The van der Waals surface area contributed by atoms with Crippen molar-refractivity contribution < 1.29 is 8.42 Å². The third-order valence-electron chi connectivity index (χ3n) is 4.63. The molecular formula is C19H19N3O2S. The molecule has 1 aliphatic carbocycles. The van der Waals surface area contributed by atoms with Gasteiger partial charge in [0, 0.05) is 18.9 Å². The van der Waals surface area contributed by atoms with Gasteiger partial charge in [-0.1, -0.05) is 12.1 Å². The van der Waals surface area contributed by atoms with Crippen LogP contribution in [0.3, 0.4) is 0 Å². The van der Waals surface area contributed by atoms with Crippen molar-refractivity contribution >= 4 is 21.1 Å². The maximum Gasteiger partial charge on any atom is 0.240 e. The number of nitrogens with zero attached hydrogens (tertiary/aromatic N) is 2. The van der Waals surface area contributed by atoms with Crippen LogP contribution in [-0.4, -0.2) is 18.4 Å². The summed E-state index contributed by atoms with van der Waals surface area (Å²) in [6, 6.07) is 11.1. The second-order valence-corrected chi connectivity index (χ2v) is 8.11. The van der Waals surface area contributed by atoms with Crippen LogP contribution in [0.2, 0.25) is 0 Å². The lowest BCUT2D eigenvalue weighted by atomic mass is 9.92. The zero-order valence-electron chi connectivity index (χ0n) is 13.8. The molecule has 0 radical (unpaired) electrons. The number of nitrogens with one attached hydrogen (secondary N) is 1. The summed E-state index contributed by atoms with van der Waals surface area (Å²) in [6.45, 7) is 0.228.